The molecule has 102 valence electrons. The number of carbonyl (C=O) groups excluding carboxylic acids is 1. The van der Waals surface area contributed by atoms with Gasteiger partial charge in [-0.05, 0) is 32.9 Å². The number of hydrogen-bond acceptors (Lipinski definition) is 3. The Morgan fingerprint density at radius 1 is 1.24 bits per heavy atom. The molecule has 2 N–H and O–H groups in total. The highest BCUT2D eigenvalue weighted by Crippen LogP contribution is 1.89. The van der Waals surface area contributed by atoms with Crippen LogP contribution in [0.25, 0.3) is 0 Å². The van der Waals surface area contributed by atoms with Gasteiger partial charge in [0.15, 0.2) is 0 Å². The summed E-state index contributed by atoms with van der Waals surface area (Å²) >= 11 is 0. The third-order valence-electron chi connectivity index (χ3n) is 2.90. The van der Waals surface area contributed by atoms with Crippen molar-refractivity contribution >= 4 is 5.91 Å². The Morgan fingerprint density at radius 2 is 1.94 bits per heavy atom. The van der Waals surface area contributed by atoms with Gasteiger partial charge in [0, 0.05) is 19.1 Å². The van der Waals surface area contributed by atoms with Gasteiger partial charge in [0.2, 0.25) is 5.91 Å². The predicted molar refractivity (Wildman–Crippen MR) is 73.2 cm³/mol. The first-order valence-corrected chi connectivity index (χ1v) is 6.86. The minimum absolute atomic E-state index is 0.0953. The van der Waals surface area contributed by atoms with E-state index in [9.17, 15) is 4.79 Å². The number of amides is 1. The maximum atomic E-state index is 11.5. The lowest BCUT2D eigenvalue weighted by atomic mass is 10.2. The summed E-state index contributed by atoms with van der Waals surface area (Å²) in [4.78, 5) is 13.9. The SMILES string of the molecule is CCCN(CC)CCNCC(=O)NC(C)CC. The molecule has 0 aliphatic rings. The van der Waals surface area contributed by atoms with Crippen molar-refractivity contribution in [3.63, 3.8) is 0 Å². The molecule has 1 unspecified atom stereocenters. The fourth-order valence-electron chi connectivity index (χ4n) is 1.61. The molecule has 0 aromatic rings. The fourth-order valence-corrected chi connectivity index (χ4v) is 1.61. The van der Waals surface area contributed by atoms with E-state index in [1.54, 1.807) is 0 Å². The molecule has 0 saturated carbocycles. The molecule has 0 saturated heterocycles. The van der Waals surface area contributed by atoms with E-state index in [1.165, 1.54) is 6.42 Å². The summed E-state index contributed by atoms with van der Waals surface area (Å²) in [6, 6.07) is 0.275. The molecule has 4 heteroatoms. The van der Waals surface area contributed by atoms with E-state index in [-0.39, 0.29) is 11.9 Å². The monoisotopic (exact) mass is 243 g/mol. The first-order valence-electron chi connectivity index (χ1n) is 6.86. The number of rotatable bonds is 10. The molecular weight excluding hydrogens is 214 g/mol. The van der Waals surface area contributed by atoms with Gasteiger partial charge in [-0.15, -0.1) is 0 Å². The van der Waals surface area contributed by atoms with Crippen LogP contribution in [0.1, 0.15) is 40.5 Å². The summed E-state index contributed by atoms with van der Waals surface area (Å²) in [6.07, 6.45) is 2.16. The Kier molecular flexibility index (Phi) is 10.2. The van der Waals surface area contributed by atoms with Gasteiger partial charge < -0.3 is 15.5 Å². The second kappa shape index (κ2) is 10.5. The first kappa shape index (κ1) is 16.4. The first-order chi connectivity index (χ1) is 8.13. The van der Waals surface area contributed by atoms with Crippen LogP contribution in [0.15, 0.2) is 0 Å². The Bertz CT molecular complexity index is 197. The molecule has 0 aliphatic carbocycles. The molecule has 0 aromatic carbocycles. The van der Waals surface area contributed by atoms with Crippen LogP contribution in [-0.2, 0) is 4.79 Å². The summed E-state index contributed by atoms with van der Waals surface area (Å²) in [6.45, 7) is 13.0. The lowest BCUT2D eigenvalue weighted by molar-refractivity contribution is -0.120. The molecule has 0 spiro atoms. The van der Waals surface area contributed by atoms with Crippen LogP contribution < -0.4 is 10.6 Å². The number of nitrogens with one attached hydrogen (secondary N) is 2. The van der Waals surface area contributed by atoms with Crippen LogP contribution in [0.5, 0.6) is 0 Å². The topological polar surface area (TPSA) is 44.4 Å². The third-order valence-corrected chi connectivity index (χ3v) is 2.90. The zero-order valence-corrected chi connectivity index (χ0v) is 11.9. The molecule has 0 heterocycles. The van der Waals surface area contributed by atoms with E-state index < -0.39 is 0 Å². The zero-order chi connectivity index (χ0) is 13.1. The van der Waals surface area contributed by atoms with Gasteiger partial charge in [0.05, 0.1) is 6.54 Å². The van der Waals surface area contributed by atoms with E-state index in [1.807, 2.05) is 6.92 Å². The lowest BCUT2D eigenvalue weighted by Crippen LogP contribution is -2.41. The second-order valence-electron chi connectivity index (χ2n) is 4.49. The molecule has 0 aliphatic heterocycles. The summed E-state index contributed by atoms with van der Waals surface area (Å²) in [5, 5.41) is 6.13. The van der Waals surface area contributed by atoms with E-state index in [0.717, 1.165) is 32.6 Å². The van der Waals surface area contributed by atoms with Gasteiger partial charge in [-0.25, -0.2) is 0 Å². The smallest absolute Gasteiger partial charge is 0.234 e. The second-order valence-corrected chi connectivity index (χ2v) is 4.49. The Hall–Kier alpha value is -0.610. The van der Waals surface area contributed by atoms with Crippen molar-refractivity contribution in [2.75, 3.05) is 32.7 Å². The minimum atomic E-state index is 0.0953. The molecule has 0 bridgehead atoms. The maximum absolute atomic E-state index is 11.5. The molecule has 17 heavy (non-hydrogen) atoms. The number of nitrogens with zero attached hydrogens (tertiary/aromatic N) is 1. The Morgan fingerprint density at radius 3 is 2.47 bits per heavy atom. The summed E-state index contributed by atoms with van der Waals surface area (Å²) in [5.74, 6) is 0.0953. The van der Waals surface area contributed by atoms with Crippen molar-refractivity contribution in [2.45, 2.75) is 46.6 Å². The number of hydrogen-bond donors (Lipinski definition) is 2. The molecule has 1 atom stereocenters. The van der Waals surface area contributed by atoms with Gasteiger partial charge in [-0.1, -0.05) is 20.8 Å². The van der Waals surface area contributed by atoms with Crippen molar-refractivity contribution in [3.05, 3.63) is 0 Å². The van der Waals surface area contributed by atoms with Crippen LogP contribution >= 0.6 is 0 Å². The van der Waals surface area contributed by atoms with Gasteiger partial charge in [-0.2, -0.15) is 0 Å². The van der Waals surface area contributed by atoms with Crippen LogP contribution in [-0.4, -0.2) is 49.6 Å². The van der Waals surface area contributed by atoms with E-state index in [0.29, 0.717) is 6.54 Å². The average Bonchev–Trinajstić information content (AvgIpc) is 2.32. The van der Waals surface area contributed by atoms with Crippen molar-refractivity contribution in [1.82, 2.24) is 15.5 Å². The van der Waals surface area contributed by atoms with Gasteiger partial charge in [0.25, 0.3) is 0 Å². The van der Waals surface area contributed by atoms with Crippen LogP contribution in [0.2, 0.25) is 0 Å². The third kappa shape index (κ3) is 9.12. The van der Waals surface area contributed by atoms with E-state index in [4.69, 9.17) is 0 Å². The van der Waals surface area contributed by atoms with E-state index >= 15 is 0 Å². The molecule has 4 nitrogen and oxygen atoms in total. The maximum Gasteiger partial charge on any atom is 0.234 e. The van der Waals surface area contributed by atoms with E-state index in [2.05, 4.69) is 36.3 Å². The number of carbonyl (C=O) groups is 1. The Labute approximate surface area is 106 Å². The van der Waals surface area contributed by atoms with Crippen LogP contribution in [0.3, 0.4) is 0 Å². The van der Waals surface area contributed by atoms with Crippen molar-refractivity contribution in [2.24, 2.45) is 0 Å². The predicted octanol–water partition coefficient (Wildman–Crippen LogP) is 1.22. The summed E-state index contributed by atoms with van der Waals surface area (Å²) < 4.78 is 0. The summed E-state index contributed by atoms with van der Waals surface area (Å²) in [7, 11) is 0. The van der Waals surface area contributed by atoms with Crippen molar-refractivity contribution in [1.29, 1.82) is 0 Å². The van der Waals surface area contributed by atoms with Crippen LogP contribution in [0, 0.1) is 0 Å². The molecule has 0 radical (unpaired) electrons. The highest BCUT2D eigenvalue weighted by molar-refractivity contribution is 5.78. The quantitative estimate of drug-likeness (QED) is 0.567. The van der Waals surface area contributed by atoms with Crippen molar-refractivity contribution in [3.8, 4) is 0 Å². The number of likely N-dealkylation sites (N-methyl/N-ethyl adjacent to an activating group) is 1. The minimum Gasteiger partial charge on any atom is -0.353 e. The molecule has 0 aromatic heterocycles. The lowest BCUT2D eigenvalue weighted by Gasteiger charge is -2.19. The molecular formula is C13H29N3O. The highest BCUT2D eigenvalue weighted by atomic mass is 16.1. The molecule has 0 fully saturated rings. The van der Waals surface area contributed by atoms with Crippen molar-refractivity contribution < 1.29 is 4.79 Å². The fraction of sp³-hybridized carbons (Fsp3) is 0.923. The summed E-state index contributed by atoms with van der Waals surface area (Å²) in [5.41, 5.74) is 0. The Balaban J connectivity index is 3.52. The van der Waals surface area contributed by atoms with Crippen LogP contribution in [0.4, 0.5) is 0 Å². The average molecular weight is 243 g/mol. The van der Waals surface area contributed by atoms with Gasteiger partial charge in [0.1, 0.15) is 0 Å². The van der Waals surface area contributed by atoms with Gasteiger partial charge >= 0.3 is 0 Å². The molecule has 1 amide bonds. The molecule has 0 rings (SSSR count). The normalized spacial score (nSPS) is 12.8. The van der Waals surface area contributed by atoms with Gasteiger partial charge in [-0.3, -0.25) is 4.79 Å². The standard InChI is InChI=1S/C13H29N3O/c1-5-9-16(7-3)10-8-14-11-13(17)15-12(4)6-2/h12,14H,5-11H2,1-4H3,(H,15,17). The largest absolute Gasteiger partial charge is 0.353 e. The zero-order valence-electron chi connectivity index (χ0n) is 11.9. The highest BCUT2D eigenvalue weighted by Gasteiger charge is 2.05.